The van der Waals surface area contributed by atoms with Gasteiger partial charge in [-0.1, -0.05) is 54.1 Å². The number of para-hydroxylation sites is 1. The number of carbonyl (C=O) groups is 1. The molecule has 0 spiro atoms. The monoisotopic (exact) mass is 447 g/mol. The molecule has 0 bridgehead atoms. The van der Waals surface area contributed by atoms with Gasteiger partial charge in [0.2, 0.25) is 5.75 Å². The highest BCUT2D eigenvalue weighted by Gasteiger charge is 2.22. The quantitative estimate of drug-likeness (QED) is 0.323. The number of halogens is 1. The number of rotatable bonds is 7. The molecule has 0 radical (unpaired) electrons. The van der Waals surface area contributed by atoms with Gasteiger partial charge in [-0.2, -0.15) is 0 Å². The van der Waals surface area contributed by atoms with Crippen molar-refractivity contribution >= 4 is 17.4 Å². The van der Waals surface area contributed by atoms with Crippen molar-refractivity contribution in [3.05, 3.63) is 95.3 Å². The summed E-state index contributed by atoms with van der Waals surface area (Å²) in [7, 11) is 4.57. The maximum absolute atomic E-state index is 13.7. The zero-order valence-corrected chi connectivity index (χ0v) is 18.7. The van der Waals surface area contributed by atoms with Crippen LogP contribution in [0, 0.1) is 0 Å². The van der Waals surface area contributed by atoms with E-state index in [0.717, 1.165) is 16.8 Å². The van der Waals surface area contributed by atoms with Crippen LogP contribution in [-0.4, -0.2) is 31.7 Å². The first kappa shape index (κ1) is 21.5. The predicted molar refractivity (Wildman–Crippen MR) is 126 cm³/mol. The van der Waals surface area contributed by atoms with Gasteiger partial charge >= 0.3 is 0 Å². The summed E-state index contributed by atoms with van der Waals surface area (Å²) in [5.41, 5.74) is 3.47. The third kappa shape index (κ3) is 3.95. The molecule has 0 saturated heterocycles. The van der Waals surface area contributed by atoms with E-state index >= 15 is 0 Å². The van der Waals surface area contributed by atoms with Crippen LogP contribution in [0.2, 0.25) is 5.02 Å². The van der Waals surface area contributed by atoms with Gasteiger partial charge in [0.1, 0.15) is 0 Å². The number of hydrogen-bond donors (Lipinski definition) is 0. The van der Waals surface area contributed by atoms with Crippen molar-refractivity contribution in [1.29, 1.82) is 0 Å². The molecule has 32 heavy (non-hydrogen) atoms. The van der Waals surface area contributed by atoms with Gasteiger partial charge in [0.25, 0.3) is 0 Å². The van der Waals surface area contributed by atoms with Gasteiger partial charge in [-0.25, -0.2) is 0 Å². The van der Waals surface area contributed by atoms with Crippen LogP contribution in [0.4, 0.5) is 0 Å². The Bertz CT molecular complexity index is 1240. The largest absolute Gasteiger partial charge is 0.493 e. The fraction of sp³-hybridized carbons (Fsp3) is 0.115. The summed E-state index contributed by atoms with van der Waals surface area (Å²) in [6.07, 6.45) is 3.72. The second-order valence-electron chi connectivity index (χ2n) is 7.05. The molecular weight excluding hydrogens is 426 g/mol. The van der Waals surface area contributed by atoms with E-state index < -0.39 is 0 Å². The van der Waals surface area contributed by atoms with Crippen LogP contribution in [0.1, 0.15) is 15.9 Å². The number of ether oxygens (including phenoxy) is 3. The molecule has 0 saturated carbocycles. The lowest BCUT2D eigenvalue weighted by Gasteiger charge is -2.14. The lowest BCUT2D eigenvalue weighted by Crippen LogP contribution is -2.04. The smallest absolute Gasteiger partial charge is 0.203 e. The summed E-state index contributed by atoms with van der Waals surface area (Å²) >= 11 is 6.42. The Kier molecular flexibility index (Phi) is 6.19. The Hall–Kier alpha value is -3.70. The van der Waals surface area contributed by atoms with Crippen LogP contribution in [0.25, 0.3) is 16.8 Å². The van der Waals surface area contributed by atoms with Crippen LogP contribution >= 0.6 is 11.6 Å². The first-order valence-corrected chi connectivity index (χ1v) is 10.3. The van der Waals surface area contributed by atoms with Crippen molar-refractivity contribution < 1.29 is 19.0 Å². The SMILES string of the molecule is COc1cc(C(=O)c2cn(-c3ccccc3Cl)cc2-c2ccccc2)cc(OC)c1OC. The molecule has 0 atom stereocenters. The Labute approximate surface area is 191 Å². The highest BCUT2D eigenvalue weighted by Crippen LogP contribution is 2.39. The van der Waals surface area contributed by atoms with Crippen LogP contribution in [0.15, 0.2) is 79.1 Å². The van der Waals surface area contributed by atoms with E-state index in [2.05, 4.69) is 0 Å². The third-order valence-electron chi connectivity index (χ3n) is 5.21. The van der Waals surface area contributed by atoms with E-state index in [9.17, 15) is 4.79 Å². The Morgan fingerprint density at radius 2 is 1.44 bits per heavy atom. The Morgan fingerprint density at radius 3 is 2.03 bits per heavy atom. The highest BCUT2D eigenvalue weighted by molar-refractivity contribution is 6.32. The van der Waals surface area contributed by atoms with Gasteiger partial charge in [0.15, 0.2) is 17.3 Å². The molecule has 0 unspecified atom stereocenters. The molecule has 0 aliphatic carbocycles. The fourth-order valence-electron chi connectivity index (χ4n) is 3.65. The molecule has 0 fully saturated rings. The van der Waals surface area contributed by atoms with Crippen molar-refractivity contribution in [3.63, 3.8) is 0 Å². The zero-order chi connectivity index (χ0) is 22.7. The predicted octanol–water partition coefficient (Wildman–Crippen LogP) is 6.05. The maximum atomic E-state index is 13.7. The van der Waals surface area contributed by atoms with Crippen LogP contribution in [-0.2, 0) is 0 Å². The number of nitrogens with zero attached hydrogens (tertiary/aromatic N) is 1. The number of methoxy groups -OCH3 is 3. The van der Waals surface area contributed by atoms with Crippen molar-refractivity contribution in [2.45, 2.75) is 0 Å². The number of carbonyl (C=O) groups excluding carboxylic acids is 1. The van der Waals surface area contributed by atoms with Crippen molar-refractivity contribution in [3.8, 4) is 34.1 Å². The van der Waals surface area contributed by atoms with Gasteiger partial charge in [-0.3, -0.25) is 4.79 Å². The number of benzene rings is 3. The summed E-state index contributed by atoms with van der Waals surface area (Å²) in [4.78, 5) is 13.7. The van der Waals surface area contributed by atoms with E-state index in [1.165, 1.54) is 21.3 Å². The Morgan fingerprint density at radius 1 is 0.812 bits per heavy atom. The maximum Gasteiger partial charge on any atom is 0.203 e. The average molecular weight is 448 g/mol. The summed E-state index contributed by atoms with van der Waals surface area (Å²) in [5.74, 6) is 1.10. The molecule has 4 aromatic rings. The molecule has 0 amide bonds. The molecule has 4 rings (SSSR count). The molecule has 6 heteroatoms. The fourth-order valence-corrected chi connectivity index (χ4v) is 3.88. The lowest BCUT2D eigenvalue weighted by atomic mass is 9.97. The molecule has 3 aromatic carbocycles. The topological polar surface area (TPSA) is 49.7 Å². The molecule has 162 valence electrons. The van der Waals surface area contributed by atoms with Gasteiger partial charge in [0, 0.05) is 29.1 Å². The molecule has 0 aliphatic rings. The van der Waals surface area contributed by atoms with Gasteiger partial charge in [-0.15, -0.1) is 0 Å². The number of aromatic nitrogens is 1. The Balaban J connectivity index is 1.89. The van der Waals surface area contributed by atoms with E-state index in [1.54, 1.807) is 18.3 Å². The van der Waals surface area contributed by atoms with E-state index in [4.69, 9.17) is 25.8 Å². The minimum Gasteiger partial charge on any atom is -0.493 e. The van der Waals surface area contributed by atoms with Crippen LogP contribution < -0.4 is 14.2 Å². The van der Waals surface area contributed by atoms with Crippen LogP contribution in [0.5, 0.6) is 17.2 Å². The standard InChI is InChI=1S/C26H22ClNO4/c1-30-23-13-18(14-24(31-2)26(23)32-3)25(29)20-16-28(22-12-8-7-11-21(22)27)15-19(20)17-9-5-4-6-10-17/h4-16H,1-3H3. The molecule has 1 aromatic heterocycles. The summed E-state index contributed by atoms with van der Waals surface area (Å²) < 4.78 is 18.1. The third-order valence-corrected chi connectivity index (χ3v) is 5.53. The average Bonchev–Trinajstić information content (AvgIpc) is 3.28. The molecule has 5 nitrogen and oxygen atoms in total. The van der Waals surface area contributed by atoms with Crippen molar-refractivity contribution in [2.24, 2.45) is 0 Å². The second-order valence-corrected chi connectivity index (χ2v) is 7.46. The second kappa shape index (κ2) is 9.20. The summed E-state index contributed by atoms with van der Waals surface area (Å²) in [6.45, 7) is 0. The molecule has 1 heterocycles. The minimum absolute atomic E-state index is 0.172. The highest BCUT2D eigenvalue weighted by atomic mass is 35.5. The van der Waals surface area contributed by atoms with Crippen molar-refractivity contribution in [2.75, 3.05) is 21.3 Å². The van der Waals surface area contributed by atoms with E-state index in [1.807, 2.05) is 65.4 Å². The summed E-state index contributed by atoms with van der Waals surface area (Å²) in [5, 5.41) is 0.592. The first-order valence-electron chi connectivity index (χ1n) is 9.94. The first-order chi connectivity index (χ1) is 15.6. The van der Waals surface area contributed by atoms with Crippen molar-refractivity contribution in [1.82, 2.24) is 4.57 Å². The number of ketones is 1. The van der Waals surface area contributed by atoms with Gasteiger partial charge in [-0.05, 0) is 29.8 Å². The molecular formula is C26H22ClNO4. The normalized spacial score (nSPS) is 10.6. The van der Waals surface area contributed by atoms with E-state index in [0.29, 0.717) is 33.4 Å². The van der Waals surface area contributed by atoms with E-state index in [-0.39, 0.29) is 5.78 Å². The van der Waals surface area contributed by atoms with Gasteiger partial charge < -0.3 is 18.8 Å². The van der Waals surface area contributed by atoms with Gasteiger partial charge in [0.05, 0.1) is 32.0 Å². The zero-order valence-electron chi connectivity index (χ0n) is 18.0. The minimum atomic E-state index is -0.172. The number of hydrogen-bond acceptors (Lipinski definition) is 4. The lowest BCUT2D eigenvalue weighted by molar-refractivity contribution is 0.103. The van der Waals surface area contributed by atoms with Crippen LogP contribution in [0.3, 0.4) is 0 Å². The molecule has 0 aliphatic heterocycles. The molecule has 0 N–H and O–H groups in total. The summed E-state index contributed by atoms with van der Waals surface area (Å²) in [6, 6.07) is 20.6.